The van der Waals surface area contributed by atoms with E-state index in [-0.39, 0.29) is 13.3 Å². The smallest absolute Gasteiger partial charge is 0.255 e. The first kappa shape index (κ1) is 21.0. The van der Waals surface area contributed by atoms with Gasteiger partial charge in [-0.05, 0) is 24.1 Å². The lowest BCUT2D eigenvalue weighted by Gasteiger charge is -2.19. The second kappa shape index (κ2) is 11.5. The van der Waals surface area contributed by atoms with E-state index >= 15 is 0 Å². The topological polar surface area (TPSA) is 38.3 Å². The number of carbonyl (C=O) groups is 1. The molecule has 0 saturated heterocycles. The summed E-state index contributed by atoms with van der Waals surface area (Å²) in [5.74, 6) is 0.797. The van der Waals surface area contributed by atoms with Crippen LogP contribution in [0, 0.1) is 5.92 Å². The maximum atomic E-state index is 12.4. The van der Waals surface area contributed by atoms with Gasteiger partial charge in [-0.2, -0.15) is 0 Å². The molecule has 23 heavy (non-hydrogen) atoms. The van der Waals surface area contributed by atoms with Gasteiger partial charge in [0.15, 0.2) is 0 Å². The molecule has 3 heteroatoms. The van der Waals surface area contributed by atoms with Crippen LogP contribution in [0.25, 0.3) is 0 Å². The van der Waals surface area contributed by atoms with Crippen LogP contribution in [0.4, 0.5) is 0 Å². The number of rotatable bonds is 7. The van der Waals surface area contributed by atoms with Gasteiger partial charge in [0.05, 0.1) is 12.8 Å². The van der Waals surface area contributed by atoms with Crippen molar-refractivity contribution in [2.24, 2.45) is 5.92 Å². The van der Waals surface area contributed by atoms with Gasteiger partial charge >= 0.3 is 0 Å². The van der Waals surface area contributed by atoms with Crippen LogP contribution >= 0.6 is 0 Å². The molecule has 0 aliphatic carbocycles. The van der Waals surface area contributed by atoms with Gasteiger partial charge in [-0.25, -0.2) is 0 Å². The molecule has 1 rings (SSSR count). The average molecular weight is 319 g/mol. The quantitative estimate of drug-likeness (QED) is 0.528. The number of nitrogens with one attached hydrogen (secondary N) is 1. The molecule has 1 amide bonds. The van der Waals surface area contributed by atoms with Crippen molar-refractivity contribution in [2.75, 3.05) is 7.11 Å². The molecule has 3 nitrogen and oxygen atoms in total. The van der Waals surface area contributed by atoms with Gasteiger partial charge in [-0.1, -0.05) is 65.8 Å². The summed E-state index contributed by atoms with van der Waals surface area (Å²) in [4.78, 5) is 12.4. The highest BCUT2D eigenvalue weighted by molar-refractivity contribution is 5.95. The van der Waals surface area contributed by atoms with Crippen molar-refractivity contribution < 1.29 is 11.0 Å². The summed E-state index contributed by atoms with van der Waals surface area (Å²) in [6, 6.07) is 9.16. The number of amides is 1. The predicted octanol–water partition coefficient (Wildman–Crippen LogP) is 5.56. The van der Waals surface area contributed by atoms with Crippen molar-refractivity contribution in [1.82, 2.24) is 5.32 Å². The van der Waals surface area contributed by atoms with Gasteiger partial charge < -0.3 is 10.1 Å². The van der Waals surface area contributed by atoms with Gasteiger partial charge in [0.2, 0.25) is 0 Å². The maximum Gasteiger partial charge on any atom is 0.255 e. The first-order valence-corrected chi connectivity index (χ1v) is 8.33. The van der Waals surface area contributed by atoms with Crippen molar-refractivity contribution >= 4 is 5.91 Å². The van der Waals surface area contributed by atoms with Crippen molar-refractivity contribution in [3.05, 3.63) is 59.5 Å². The largest absolute Gasteiger partial charge is 0.499 e. The molecule has 0 bridgehead atoms. The van der Waals surface area contributed by atoms with E-state index in [2.05, 4.69) is 18.8 Å². The lowest BCUT2D eigenvalue weighted by molar-refractivity contribution is 0.0962. The fraction of sp³-hybridized carbons (Fsp3) is 0.450. The minimum atomic E-state index is -0.141. The van der Waals surface area contributed by atoms with E-state index in [9.17, 15) is 4.79 Å². The van der Waals surface area contributed by atoms with Crippen LogP contribution in [0.1, 0.15) is 59.2 Å². The molecule has 0 aliphatic rings. The van der Waals surface area contributed by atoms with Crippen LogP contribution in [0.2, 0.25) is 0 Å². The van der Waals surface area contributed by atoms with Crippen LogP contribution < -0.4 is 5.32 Å². The molecule has 0 spiro atoms. The second-order valence-corrected chi connectivity index (χ2v) is 5.27. The van der Waals surface area contributed by atoms with Gasteiger partial charge in [0.25, 0.3) is 5.91 Å². The summed E-state index contributed by atoms with van der Waals surface area (Å²) >= 11 is 0. The Balaban J connectivity index is 0. The molecule has 0 fully saturated rings. The van der Waals surface area contributed by atoms with E-state index < -0.39 is 0 Å². The summed E-state index contributed by atoms with van der Waals surface area (Å²) in [6.45, 7) is 14.2. The van der Waals surface area contributed by atoms with Crippen molar-refractivity contribution in [3.8, 4) is 0 Å². The Labute approximate surface area is 142 Å². The van der Waals surface area contributed by atoms with E-state index in [1.807, 2.05) is 45.9 Å². The van der Waals surface area contributed by atoms with Crippen molar-refractivity contribution in [3.63, 3.8) is 0 Å². The first-order chi connectivity index (χ1) is 11.0. The number of benzene rings is 1. The number of hydrogen-bond acceptors (Lipinski definition) is 2. The Morgan fingerprint density at radius 1 is 1.26 bits per heavy atom. The molecular formula is C20H33NO2. The fourth-order valence-electron chi connectivity index (χ4n) is 2.15. The zero-order valence-electron chi connectivity index (χ0n) is 15.4. The summed E-state index contributed by atoms with van der Waals surface area (Å²) in [6.07, 6.45) is 1.79. The third-order valence-electron chi connectivity index (χ3n) is 3.17. The summed E-state index contributed by atoms with van der Waals surface area (Å²) in [5, 5.41) is 2.97. The number of hydrogen-bond donors (Lipinski definition) is 1. The summed E-state index contributed by atoms with van der Waals surface area (Å²) in [5.41, 5.74) is 2.23. The average Bonchev–Trinajstić information content (AvgIpc) is 2.57. The number of carbonyl (C=O) groups excluding carboxylic acids is 1. The van der Waals surface area contributed by atoms with Crippen LogP contribution in [0.15, 0.2) is 53.9 Å². The second-order valence-electron chi connectivity index (χ2n) is 5.27. The first-order valence-electron chi connectivity index (χ1n) is 8.33. The zero-order valence-corrected chi connectivity index (χ0v) is 15.4. The minimum Gasteiger partial charge on any atom is -0.499 e. The monoisotopic (exact) mass is 319 g/mol. The fourth-order valence-corrected chi connectivity index (χ4v) is 2.15. The van der Waals surface area contributed by atoms with E-state index in [4.69, 9.17) is 4.74 Å². The Bertz CT molecular complexity index is 522. The highest BCUT2D eigenvalue weighted by Crippen LogP contribution is 2.22. The van der Waals surface area contributed by atoms with Crippen LogP contribution in [-0.2, 0) is 4.74 Å². The van der Waals surface area contributed by atoms with Crippen LogP contribution in [-0.4, -0.2) is 13.0 Å². The number of allylic oxidation sites excluding steroid dienone is 2. The SMILES string of the molecule is C=C(CCC)/C(NC(=O)c1ccccc1)=C(\OC)C(C)C.CC.[HH]. The molecule has 0 atom stereocenters. The van der Waals surface area contributed by atoms with Crippen molar-refractivity contribution in [2.45, 2.75) is 47.5 Å². The van der Waals surface area contributed by atoms with Gasteiger partial charge in [0.1, 0.15) is 5.76 Å². The highest BCUT2D eigenvalue weighted by Gasteiger charge is 2.17. The predicted molar refractivity (Wildman–Crippen MR) is 100 cm³/mol. The van der Waals surface area contributed by atoms with E-state index in [1.165, 1.54) is 0 Å². The standard InChI is InChI=1S/C18H25NO2.C2H6.H2/c1-6-10-14(4)16(17(21-5)13(2)3)19-18(20)15-11-8-7-9-12-15;1-2;/h7-9,11-13H,4,6,10H2,1-3,5H3,(H,19,20);1-2H3;1H/b17-16+;;. The molecule has 0 heterocycles. The summed E-state index contributed by atoms with van der Waals surface area (Å²) < 4.78 is 5.48. The molecule has 1 aromatic rings. The Hall–Kier alpha value is -2.03. The molecule has 0 saturated carbocycles. The van der Waals surface area contributed by atoms with Gasteiger partial charge in [-0.15, -0.1) is 0 Å². The Morgan fingerprint density at radius 2 is 1.83 bits per heavy atom. The Kier molecular flexibility index (Phi) is 10.5. The molecule has 130 valence electrons. The zero-order chi connectivity index (χ0) is 17.8. The van der Waals surface area contributed by atoms with E-state index in [0.29, 0.717) is 11.3 Å². The third-order valence-corrected chi connectivity index (χ3v) is 3.17. The van der Waals surface area contributed by atoms with E-state index in [0.717, 1.165) is 24.2 Å². The molecule has 1 N–H and O–H groups in total. The Morgan fingerprint density at radius 3 is 2.26 bits per heavy atom. The van der Waals surface area contributed by atoms with E-state index in [1.54, 1.807) is 19.2 Å². The molecular weight excluding hydrogens is 286 g/mol. The normalized spacial score (nSPS) is 11.1. The lowest BCUT2D eigenvalue weighted by Crippen LogP contribution is -2.26. The van der Waals surface area contributed by atoms with Gasteiger partial charge in [0, 0.05) is 12.9 Å². The van der Waals surface area contributed by atoms with Crippen LogP contribution in [0.5, 0.6) is 0 Å². The lowest BCUT2D eigenvalue weighted by atomic mass is 10.0. The third kappa shape index (κ3) is 6.72. The molecule has 0 radical (unpaired) electrons. The molecule has 0 unspecified atom stereocenters. The van der Waals surface area contributed by atoms with Crippen molar-refractivity contribution in [1.29, 1.82) is 0 Å². The molecule has 0 aliphatic heterocycles. The molecule has 1 aromatic carbocycles. The number of ether oxygens (including phenoxy) is 1. The van der Waals surface area contributed by atoms with Gasteiger partial charge in [-0.3, -0.25) is 4.79 Å². The maximum absolute atomic E-state index is 12.4. The number of methoxy groups -OCH3 is 1. The summed E-state index contributed by atoms with van der Waals surface area (Å²) in [7, 11) is 1.63. The molecule has 0 aromatic heterocycles. The van der Waals surface area contributed by atoms with Crippen LogP contribution in [0.3, 0.4) is 0 Å². The minimum absolute atomic E-state index is 0. The highest BCUT2D eigenvalue weighted by atomic mass is 16.5.